The molecule has 96 valence electrons. The molecule has 2 heterocycles. The molecule has 3 unspecified atom stereocenters. The lowest BCUT2D eigenvalue weighted by molar-refractivity contribution is -0.146. The molecule has 0 amide bonds. The van der Waals surface area contributed by atoms with Gasteiger partial charge in [0.15, 0.2) is 0 Å². The van der Waals surface area contributed by atoms with Gasteiger partial charge in [0, 0.05) is 0 Å². The van der Waals surface area contributed by atoms with Crippen LogP contribution >= 0.6 is 23.4 Å². The molecule has 1 aliphatic carbocycles. The molecular weight excluding hydrogens is 272 g/mol. The van der Waals surface area contributed by atoms with Crippen LogP contribution in [0.25, 0.3) is 0 Å². The third kappa shape index (κ3) is 1.80. The van der Waals surface area contributed by atoms with Gasteiger partial charge in [0.05, 0.1) is 18.4 Å². The number of aliphatic imine (C=N–C) groups is 2. The first-order valence-corrected chi connectivity index (χ1v) is 7.29. The van der Waals surface area contributed by atoms with E-state index in [1.807, 2.05) is 6.92 Å². The van der Waals surface area contributed by atoms with Crippen molar-refractivity contribution in [2.45, 2.75) is 25.1 Å². The molecule has 0 saturated carbocycles. The Labute approximate surface area is 115 Å². The number of hydrogen-bond acceptors (Lipinski definition) is 5. The number of esters is 1. The van der Waals surface area contributed by atoms with Crippen molar-refractivity contribution in [2.75, 3.05) is 6.61 Å². The van der Waals surface area contributed by atoms with E-state index in [9.17, 15) is 4.79 Å². The lowest BCUT2D eigenvalue weighted by Crippen LogP contribution is -2.29. The summed E-state index contributed by atoms with van der Waals surface area (Å²) in [6, 6.07) is 0. The van der Waals surface area contributed by atoms with E-state index in [4.69, 9.17) is 16.3 Å². The molecule has 0 N–H and O–H groups in total. The minimum atomic E-state index is -0.153. The minimum Gasteiger partial charge on any atom is -0.466 e. The van der Waals surface area contributed by atoms with Gasteiger partial charge in [0.25, 0.3) is 0 Å². The Bertz CT molecular complexity index is 486. The van der Waals surface area contributed by atoms with Gasteiger partial charge in [-0.05, 0) is 30.2 Å². The fourth-order valence-electron chi connectivity index (χ4n) is 2.74. The molecular formula is C12H13ClN2O2S. The molecule has 0 aromatic rings. The van der Waals surface area contributed by atoms with Crippen LogP contribution in [0.1, 0.15) is 19.8 Å². The number of allylic oxidation sites excluding steroid dienone is 1. The fraction of sp³-hybridized carbons (Fsp3) is 0.583. The molecule has 0 aromatic carbocycles. The van der Waals surface area contributed by atoms with E-state index in [1.54, 1.807) is 11.8 Å². The lowest BCUT2D eigenvalue weighted by Gasteiger charge is -2.23. The SMILES string of the molecule is CCOC(=O)C1CCC2=C1C1C(Cl)=NC=NC1S2. The summed E-state index contributed by atoms with van der Waals surface area (Å²) in [7, 11) is 0. The second-order valence-electron chi connectivity index (χ2n) is 4.42. The normalized spacial score (nSPS) is 33.2. The van der Waals surface area contributed by atoms with Crippen molar-refractivity contribution in [1.82, 2.24) is 0 Å². The summed E-state index contributed by atoms with van der Waals surface area (Å²) >= 11 is 7.91. The quantitative estimate of drug-likeness (QED) is 0.732. The highest BCUT2D eigenvalue weighted by Gasteiger charge is 2.47. The van der Waals surface area contributed by atoms with E-state index in [0.29, 0.717) is 11.8 Å². The maximum absolute atomic E-state index is 12.0. The van der Waals surface area contributed by atoms with Crippen LogP contribution in [0.3, 0.4) is 0 Å². The largest absolute Gasteiger partial charge is 0.466 e. The van der Waals surface area contributed by atoms with Gasteiger partial charge in [-0.15, -0.1) is 11.8 Å². The lowest BCUT2D eigenvalue weighted by atomic mass is 9.90. The monoisotopic (exact) mass is 284 g/mol. The van der Waals surface area contributed by atoms with E-state index in [2.05, 4.69) is 9.98 Å². The summed E-state index contributed by atoms with van der Waals surface area (Å²) in [4.78, 5) is 21.6. The highest BCUT2D eigenvalue weighted by molar-refractivity contribution is 8.04. The Morgan fingerprint density at radius 3 is 3.28 bits per heavy atom. The third-order valence-electron chi connectivity index (χ3n) is 3.46. The average Bonchev–Trinajstić information content (AvgIpc) is 2.87. The van der Waals surface area contributed by atoms with Crippen LogP contribution in [0.4, 0.5) is 0 Å². The molecule has 0 fully saturated rings. The van der Waals surface area contributed by atoms with Crippen molar-refractivity contribution in [3.63, 3.8) is 0 Å². The maximum atomic E-state index is 12.0. The van der Waals surface area contributed by atoms with Crippen LogP contribution in [-0.4, -0.2) is 29.5 Å². The number of ether oxygens (including phenoxy) is 1. The van der Waals surface area contributed by atoms with Crippen LogP contribution in [0.5, 0.6) is 0 Å². The molecule has 0 spiro atoms. The van der Waals surface area contributed by atoms with E-state index >= 15 is 0 Å². The first-order chi connectivity index (χ1) is 8.72. The molecule has 2 aliphatic heterocycles. The number of rotatable bonds is 2. The van der Waals surface area contributed by atoms with Crippen LogP contribution < -0.4 is 0 Å². The number of hydrogen-bond donors (Lipinski definition) is 0. The van der Waals surface area contributed by atoms with Gasteiger partial charge in [0.2, 0.25) is 0 Å². The summed E-state index contributed by atoms with van der Waals surface area (Å²) in [6.07, 6.45) is 3.27. The van der Waals surface area contributed by atoms with Gasteiger partial charge in [-0.1, -0.05) is 11.6 Å². The Kier molecular flexibility index (Phi) is 3.20. The summed E-state index contributed by atoms with van der Waals surface area (Å²) in [5.74, 6) is -0.309. The average molecular weight is 285 g/mol. The van der Waals surface area contributed by atoms with Gasteiger partial charge in [-0.3, -0.25) is 9.79 Å². The first kappa shape index (κ1) is 12.2. The standard InChI is InChI=1S/C12H13ClN2O2S/c1-2-17-12(16)6-3-4-7-8(6)9-10(13)14-5-15-11(9)18-7/h5-6,9,11H,2-4H2,1H3. The first-order valence-electron chi connectivity index (χ1n) is 6.03. The number of carbonyl (C=O) groups is 1. The number of fused-ring (bicyclic) bond motifs is 2. The molecule has 6 heteroatoms. The second-order valence-corrected chi connectivity index (χ2v) is 6.02. The van der Waals surface area contributed by atoms with Gasteiger partial charge < -0.3 is 4.74 Å². The smallest absolute Gasteiger partial charge is 0.313 e. The van der Waals surface area contributed by atoms with Crippen molar-refractivity contribution in [1.29, 1.82) is 0 Å². The molecule has 0 radical (unpaired) electrons. The zero-order valence-corrected chi connectivity index (χ0v) is 11.5. The Morgan fingerprint density at radius 1 is 1.67 bits per heavy atom. The summed E-state index contributed by atoms with van der Waals surface area (Å²) in [5, 5.41) is 0.612. The molecule has 3 aliphatic rings. The number of thioether (sulfide) groups is 1. The third-order valence-corrected chi connectivity index (χ3v) is 5.16. The molecule has 0 aromatic heterocycles. The van der Waals surface area contributed by atoms with Crippen LogP contribution in [-0.2, 0) is 9.53 Å². The fourth-order valence-corrected chi connectivity index (χ4v) is 4.55. The number of halogens is 1. The van der Waals surface area contributed by atoms with Crippen LogP contribution in [0.15, 0.2) is 20.5 Å². The zero-order chi connectivity index (χ0) is 12.7. The number of nitrogens with zero attached hydrogens (tertiary/aromatic N) is 2. The Balaban J connectivity index is 1.89. The van der Waals surface area contributed by atoms with Gasteiger partial charge in [-0.25, -0.2) is 4.99 Å². The summed E-state index contributed by atoms with van der Waals surface area (Å²) in [5.41, 5.74) is 1.11. The van der Waals surface area contributed by atoms with Crippen molar-refractivity contribution in [3.05, 3.63) is 10.5 Å². The summed E-state index contributed by atoms with van der Waals surface area (Å²) < 4.78 is 5.15. The van der Waals surface area contributed by atoms with Crippen molar-refractivity contribution in [3.8, 4) is 0 Å². The predicted molar refractivity (Wildman–Crippen MR) is 73.0 cm³/mol. The molecule has 18 heavy (non-hydrogen) atoms. The topological polar surface area (TPSA) is 51.0 Å². The van der Waals surface area contributed by atoms with Crippen LogP contribution in [0.2, 0.25) is 0 Å². The van der Waals surface area contributed by atoms with Crippen LogP contribution in [0, 0.1) is 11.8 Å². The highest BCUT2D eigenvalue weighted by atomic mass is 35.5. The van der Waals surface area contributed by atoms with Crippen molar-refractivity contribution < 1.29 is 9.53 Å². The minimum absolute atomic E-state index is 0.0198. The van der Waals surface area contributed by atoms with Crippen molar-refractivity contribution >= 4 is 40.8 Å². The van der Waals surface area contributed by atoms with Crippen molar-refractivity contribution in [2.24, 2.45) is 21.8 Å². The van der Waals surface area contributed by atoms with E-state index in [-0.39, 0.29) is 23.2 Å². The Hall–Kier alpha value is -0.810. The van der Waals surface area contributed by atoms with E-state index in [1.165, 1.54) is 11.2 Å². The maximum Gasteiger partial charge on any atom is 0.313 e. The molecule has 4 nitrogen and oxygen atoms in total. The molecule has 0 saturated heterocycles. The molecule has 3 atom stereocenters. The predicted octanol–water partition coefficient (Wildman–Crippen LogP) is 2.58. The second kappa shape index (κ2) is 4.70. The van der Waals surface area contributed by atoms with Gasteiger partial charge in [0.1, 0.15) is 16.9 Å². The van der Waals surface area contributed by atoms with E-state index in [0.717, 1.165) is 18.4 Å². The summed E-state index contributed by atoms with van der Waals surface area (Å²) in [6.45, 7) is 2.24. The van der Waals surface area contributed by atoms with Gasteiger partial charge >= 0.3 is 5.97 Å². The Morgan fingerprint density at radius 2 is 2.50 bits per heavy atom. The number of carbonyl (C=O) groups excluding carboxylic acids is 1. The molecule has 3 rings (SSSR count). The zero-order valence-electron chi connectivity index (χ0n) is 9.93. The highest BCUT2D eigenvalue weighted by Crippen LogP contribution is 2.54. The molecule has 0 bridgehead atoms. The van der Waals surface area contributed by atoms with E-state index < -0.39 is 0 Å². The van der Waals surface area contributed by atoms with Gasteiger partial charge in [-0.2, -0.15) is 0 Å².